The van der Waals surface area contributed by atoms with Gasteiger partial charge >= 0.3 is 5.97 Å². The molecule has 4 nitrogen and oxygen atoms in total. The lowest BCUT2D eigenvalue weighted by molar-refractivity contribution is -0.143. The lowest BCUT2D eigenvalue weighted by Crippen LogP contribution is -2.26. The first-order valence-electron chi connectivity index (χ1n) is 13.1. The van der Waals surface area contributed by atoms with Gasteiger partial charge in [-0.25, -0.2) is 0 Å². The van der Waals surface area contributed by atoms with Gasteiger partial charge in [0.2, 0.25) is 5.91 Å². The van der Waals surface area contributed by atoms with E-state index >= 15 is 0 Å². The monoisotopic (exact) mass is 425 g/mol. The second-order valence-corrected chi connectivity index (χ2v) is 8.73. The first-order valence-corrected chi connectivity index (χ1v) is 13.1. The molecule has 0 heterocycles. The van der Waals surface area contributed by atoms with Crippen LogP contribution in [0.3, 0.4) is 0 Å². The third-order valence-electron chi connectivity index (χ3n) is 5.67. The number of nitrogens with one attached hydrogen (secondary N) is 1. The average molecular weight is 426 g/mol. The lowest BCUT2D eigenvalue weighted by Gasteiger charge is -2.06. The summed E-state index contributed by atoms with van der Waals surface area (Å²) in [5.41, 5.74) is 0. The maximum Gasteiger partial charge on any atom is 0.307 e. The van der Waals surface area contributed by atoms with Crippen LogP contribution in [-0.4, -0.2) is 25.0 Å². The highest BCUT2D eigenvalue weighted by molar-refractivity contribution is 5.76. The molecule has 0 spiro atoms. The Morgan fingerprint density at radius 1 is 0.567 bits per heavy atom. The van der Waals surface area contributed by atoms with Crippen molar-refractivity contribution in [2.24, 2.45) is 0 Å². The minimum absolute atomic E-state index is 0.0404. The Labute approximate surface area is 187 Å². The topological polar surface area (TPSA) is 55.4 Å². The smallest absolute Gasteiger partial charge is 0.307 e. The molecule has 0 bridgehead atoms. The van der Waals surface area contributed by atoms with Gasteiger partial charge in [0, 0.05) is 13.0 Å². The van der Waals surface area contributed by atoms with Crippen LogP contribution in [0.15, 0.2) is 0 Å². The Hall–Kier alpha value is -1.06. The number of hydrogen-bond donors (Lipinski definition) is 1. The Morgan fingerprint density at radius 3 is 1.50 bits per heavy atom. The van der Waals surface area contributed by atoms with Crippen LogP contribution in [0, 0.1) is 0 Å². The summed E-state index contributed by atoms with van der Waals surface area (Å²) in [5.74, 6) is -0.159. The second-order valence-electron chi connectivity index (χ2n) is 8.73. The van der Waals surface area contributed by atoms with Gasteiger partial charge in [0.15, 0.2) is 0 Å². The van der Waals surface area contributed by atoms with E-state index in [0.29, 0.717) is 19.6 Å². The van der Waals surface area contributed by atoms with E-state index in [1.165, 1.54) is 83.5 Å². The minimum atomic E-state index is -0.200. The van der Waals surface area contributed by atoms with Crippen molar-refractivity contribution in [2.75, 3.05) is 13.2 Å². The molecule has 0 saturated heterocycles. The zero-order valence-electron chi connectivity index (χ0n) is 20.3. The molecule has 30 heavy (non-hydrogen) atoms. The number of rotatable bonds is 23. The molecule has 0 aliphatic rings. The first kappa shape index (κ1) is 28.9. The molecule has 1 amide bonds. The minimum Gasteiger partial charge on any atom is -0.466 e. The van der Waals surface area contributed by atoms with Crippen molar-refractivity contribution >= 4 is 11.9 Å². The van der Waals surface area contributed by atoms with Crippen LogP contribution in [0.2, 0.25) is 0 Å². The average Bonchev–Trinajstić information content (AvgIpc) is 2.73. The van der Waals surface area contributed by atoms with E-state index in [0.717, 1.165) is 32.1 Å². The fraction of sp³-hybridized carbons (Fsp3) is 0.923. The molecule has 178 valence electrons. The molecule has 0 aliphatic carbocycles. The zero-order chi connectivity index (χ0) is 22.1. The van der Waals surface area contributed by atoms with Gasteiger partial charge in [-0.05, 0) is 12.8 Å². The van der Waals surface area contributed by atoms with Crippen LogP contribution in [-0.2, 0) is 14.3 Å². The number of esters is 1. The molecular weight excluding hydrogens is 374 g/mol. The summed E-state index contributed by atoms with van der Waals surface area (Å²) in [6.07, 6.45) is 23.9. The number of carbonyl (C=O) groups excluding carboxylic acids is 2. The molecule has 0 aromatic heterocycles. The summed E-state index contributed by atoms with van der Waals surface area (Å²) < 4.78 is 5.25. The molecule has 4 heteroatoms. The summed E-state index contributed by atoms with van der Waals surface area (Å²) in [6, 6.07) is 0. The quantitative estimate of drug-likeness (QED) is 0.136. The fourth-order valence-corrected chi connectivity index (χ4v) is 3.66. The number of ether oxygens (including phenoxy) is 1. The molecule has 0 unspecified atom stereocenters. The van der Waals surface area contributed by atoms with Crippen LogP contribution in [0.25, 0.3) is 0 Å². The molecule has 0 radical (unpaired) electrons. The number of carbonyl (C=O) groups is 2. The van der Waals surface area contributed by atoms with Crippen molar-refractivity contribution in [3.8, 4) is 0 Å². The standard InChI is InChI=1S/C26H51NO3/c1-3-5-7-8-9-10-11-12-13-14-15-16-17-18-20-24-30-26(29)22-23-27-25(28)21-19-6-4-2/h3-24H2,1-2H3,(H,27,28). The van der Waals surface area contributed by atoms with Crippen LogP contribution in [0.1, 0.15) is 142 Å². The van der Waals surface area contributed by atoms with Gasteiger partial charge in [0.1, 0.15) is 0 Å². The molecule has 0 saturated carbocycles. The van der Waals surface area contributed by atoms with Gasteiger partial charge in [-0.3, -0.25) is 9.59 Å². The summed E-state index contributed by atoms with van der Waals surface area (Å²) in [4.78, 5) is 23.2. The van der Waals surface area contributed by atoms with Gasteiger partial charge in [-0.2, -0.15) is 0 Å². The molecule has 1 N–H and O–H groups in total. The second kappa shape index (κ2) is 24.2. The zero-order valence-corrected chi connectivity index (χ0v) is 20.3. The van der Waals surface area contributed by atoms with Gasteiger partial charge in [-0.1, -0.05) is 117 Å². The maximum absolute atomic E-state index is 11.7. The lowest BCUT2D eigenvalue weighted by atomic mass is 10.0. The Balaban J connectivity index is 3.21. The summed E-state index contributed by atoms with van der Waals surface area (Å²) in [7, 11) is 0. The van der Waals surface area contributed by atoms with E-state index in [2.05, 4.69) is 19.2 Å². The Bertz CT molecular complexity index is 384. The van der Waals surface area contributed by atoms with E-state index < -0.39 is 0 Å². The van der Waals surface area contributed by atoms with E-state index in [1.807, 2.05) is 0 Å². The normalized spacial score (nSPS) is 10.9. The molecule has 0 aromatic rings. The Morgan fingerprint density at radius 2 is 1.00 bits per heavy atom. The van der Waals surface area contributed by atoms with Crippen molar-refractivity contribution in [3.63, 3.8) is 0 Å². The third kappa shape index (κ3) is 23.2. The van der Waals surface area contributed by atoms with Gasteiger partial charge in [-0.15, -0.1) is 0 Å². The molecular formula is C26H51NO3. The van der Waals surface area contributed by atoms with Crippen LogP contribution >= 0.6 is 0 Å². The molecule has 0 atom stereocenters. The summed E-state index contributed by atoms with van der Waals surface area (Å²) in [5, 5.41) is 2.79. The van der Waals surface area contributed by atoms with E-state index in [-0.39, 0.29) is 18.3 Å². The largest absolute Gasteiger partial charge is 0.466 e. The molecule has 0 aromatic carbocycles. The summed E-state index contributed by atoms with van der Waals surface area (Å²) >= 11 is 0. The summed E-state index contributed by atoms with van der Waals surface area (Å²) in [6.45, 7) is 5.30. The highest BCUT2D eigenvalue weighted by Crippen LogP contribution is 2.13. The SMILES string of the molecule is CCCCCCCCCCCCCCCCCOC(=O)CCNC(=O)CCCCC. The van der Waals surface area contributed by atoms with Crippen molar-refractivity contribution in [2.45, 2.75) is 142 Å². The van der Waals surface area contributed by atoms with Crippen molar-refractivity contribution in [1.82, 2.24) is 5.32 Å². The fourth-order valence-electron chi connectivity index (χ4n) is 3.66. The molecule has 0 aliphatic heterocycles. The van der Waals surface area contributed by atoms with Crippen LogP contribution < -0.4 is 5.32 Å². The van der Waals surface area contributed by atoms with Gasteiger partial charge in [0.25, 0.3) is 0 Å². The predicted molar refractivity (Wildman–Crippen MR) is 128 cm³/mol. The van der Waals surface area contributed by atoms with Gasteiger partial charge < -0.3 is 10.1 Å². The van der Waals surface area contributed by atoms with E-state index in [4.69, 9.17) is 4.74 Å². The van der Waals surface area contributed by atoms with Crippen molar-refractivity contribution in [1.29, 1.82) is 0 Å². The highest BCUT2D eigenvalue weighted by atomic mass is 16.5. The number of unbranched alkanes of at least 4 members (excludes halogenated alkanes) is 16. The van der Waals surface area contributed by atoms with Crippen molar-refractivity contribution in [3.05, 3.63) is 0 Å². The number of amides is 1. The number of hydrogen-bond acceptors (Lipinski definition) is 3. The van der Waals surface area contributed by atoms with Crippen LogP contribution in [0.5, 0.6) is 0 Å². The van der Waals surface area contributed by atoms with E-state index in [1.54, 1.807) is 0 Å². The Kier molecular flexibility index (Phi) is 23.4. The van der Waals surface area contributed by atoms with E-state index in [9.17, 15) is 9.59 Å². The highest BCUT2D eigenvalue weighted by Gasteiger charge is 2.05. The van der Waals surface area contributed by atoms with Crippen LogP contribution in [0.4, 0.5) is 0 Å². The van der Waals surface area contributed by atoms with Crippen molar-refractivity contribution < 1.29 is 14.3 Å². The third-order valence-corrected chi connectivity index (χ3v) is 5.67. The van der Waals surface area contributed by atoms with Gasteiger partial charge in [0.05, 0.1) is 13.0 Å². The molecule has 0 fully saturated rings. The first-order chi connectivity index (χ1) is 14.7. The molecule has 0 rings (SSSR count). The maximum atomic E-state index is 11.7. The predicted octanol–water partition coefficient (Wildman–Crippen LogP) is 7.49.